The first-order valence-electron chi connectivity index (χ1n) is 6.12. The van der Waals surface area contributed by atoms with Crippen molar-refractivity contribution >= 4 is 17.3 Å². The fraction of sp³-hybridized carbons (Fsp3) is 0.214. The summed E-state index contributed by atoms with van der Waals surface area (Å²) >= 11 is 6.12. The number of aryl methyl sites for hydroxylation is 1. The Bertz CT molecular complexity index is 712. The van der Waals surface area contributed by atoms with Crippen LogP contribution in [0.2, 0.25) is 5.02 Å². The topological polar surface area (TPSA) is 52.5 Å². The van der Waals surface area contributed by atoms with Crippen molar-refractivity contribution in [1.82, 2.24) is 4.57 Å². The number of ether oxygens (including phenoxy) is 2. The molecule has 1 aliphatic heterocycles. The number of anilines is 1. The molecule has 6 heteroatoms. The third kappa shape index (κ3) is 2.44. The summed E-state index contributed by atoms with van der Waals surface area (Å²) in [5.41, 5.74) is 1.80. The Morgan fingerprint density at radius 1 is 1.35 bits per heavy atom. The van der Waals surface area contributed by atoms with E-state index in [0.717, 1.165) is 11.3 Å². The first-order chi connectivity index (χ1) is 9.63. The van der Waals surface area contributed by atoms with Gasteiger partial charge in [-0.2, -0.15) is 0 Å². The van der Waals surface area contributed by atoms with Gasteiger partial charge in [0, 0.05) is 25.9 Å². The SMILES string of the molecule is Cn1cc(NCc2cc(Cl)c3c(c2)OCO3)ccc1=O. The van der Waals surface area contributed by atoms with Crippen LogP contribution < -0.4 is 20.3 Å². The number of fused-ring (bicyclic) bond motifs is 1. The molecule has 0 atom stereocenters. The number of hydrogen-bond donors (Lipinski definition) is 1. The molecule has 1 aromatic heterocycles. The van der Waals surface area contributed by atoms with Crippen molar-refractivity contribution in [2.24, 2.45) is 7.05 Å². The van der Waals surface area contributed by atoms with Gasteiger partial charge in [-0.3, -0.25) is 4.79 Å². The third-order valence-electron chi connectivity index (χ3n) is 3.07. The van der Waals surface area contributed by atoms with Crippen LogP contribution in [0.15, 0.2) is 35.3 Å². The highest BCUT2D eigenvalue weighted by Gasteiger charge is 2.18. The molecule has 0 aliphatic carbocycles. The van der Waals surface area contributed by atoms with Gasteiger partial charge in [0.05, 0.1) is 10.7 Å². The summed E-state index contributed by atoms with van der Waals surface area (Å²) in [6.07, 6.45) is 1.75. The minimum Gasteiger partial charge on any atom is -0.454 e. The average molecular weight is 293 g/mol. The van der Waals surface area contributed by atoms with E-state index in [4.69, 9.17) is 21.1 Å². The lowest BCUT2D eigenvalue weighted by molar-refractivity contribution is 0.174. The van der Waals surface area contributed by atoms with Crippen LogP contribution in [-0.2, 0) is 13.6 Å². The van der Waals surface area contributed by atoms with Crippen LogP contribution in [0.3, 0.4) is 0 Å². The van der Waals surface area contributed by atoms with Crippen molar-refractivity contribution in [3.8, 4) is 11.5 Å². The lowest BCUT2D eigenvalue weighted by atomic mass is 10.2. The van der Waals surface area contributed by atoms with E-state index in [1.165, 1.54) is 10.6 Å². The fourth-order valence-electron chi connectivity index (χ4n) is 2.03. The molecule has 20 heavy (non-hydrogen) atoms. The smallest absolute Gasteiger partial charge is 0.250 e. The van der Waals surface area contributed by atoms with E-state index in [2.05, 4.69) is 5.32 Å². The highest BCUT2D eigenvalue weighted by molar-refractivity contribution is 6.32. The molecular formula is C14H13ClN2O3. The lowest BCUT2D eigenvalue weighted by Crippen LogP contribution is -2.15. The van der Waals surface area contributed by atoms with Gasteiger partial charge in [0.25, 0.3) is 0 Å². The van der Waals surface area contributed by atoms with Crippen LogP contribution in [0.1, 0.15) is 5.56 Å². The predicted molar refractivity (Wildman–Crippen MR) is 76.6 cm³/mol. The molecule has 0 unspecified atom stereocenters. The van der Waals surface area contributed by atoms with Crippen molar-refractivity contribution < 1.29 is 9.47 Å². The summed E-state index contributed by atoms with van der Waals surface area (Å²) in [6.45, 7) is 0.779. The van der Waals surface area contributed by atoms with Crippen LogP contribution in [0.25, 0.3) is 0 Å². The van der Waals surface area contributed by atoms with Gasteiger partial charge in [-0.1, -0.05) is 11.6 Å². The minimum absolute atomic E-state index is 0.0401. The van der Waals surface area contributed by atoms with Crippen LogP contribution in [0.4, 0.5) is 5.69 Å². The molecule has 0 bridgehead atoms. The summed E-state index contributed by atoms with van der Waals surface area (Å²) in [5.74, 6) is 1.26. The van der Waals surface area contributed by atoms with Crippen LogP contribution >= 0.6 is 11.6 Å². The Morgan fingerprint density at radius 3 is 3.00 bits per heavy atom. The molecule has 1 aliphatic rings. The molecule has 0 saturated heterocycles. The standard InChI is InChI=1S/C14H13ClN2O3/c1-17-7-10(2-3-13(17)18)16-6-9-4-11(15)14-12(5-9)19-8-20-14/h2-5,7,16H,6,8H2,1H3. The maximum atomic E-state index is 11.3. The number of benzene rings is 1. The second-order valence-electron chi connectivity index (χ2n) is 4.53. The second-order valence-corrected chi connectivity index (χ2v) is 4.94. The number of nitrogens with one attached hydrogen (secondary N) is 1. The van der Waals surface area contributed by atoms with Crippen molar-refractivity contribution in [3.05, 3.63) is 51.4 Å². The molecule has 0 amide bonds. The molecule has 0 saturated carbocycles. The van der Waals surface area contributed by atoms with Crippen LogP contribution in [-0.4, -0.2) is 11.4 Å². The van der Waals surface area contributed by atoms with E-state index in [0.29, 0.717) is 23.1 Å². The zero-order valence-corrected chi connectivity index (χ0v) is 11.6. The summed E-state index contributed by atoms with van der Waals surface area (Å²) in [6, 6.07) is 7.00. The van der Waals surface area contributed by atoms with Gasteiger partial charge in [0.15, 0.2) is 11.5 Å². The molecule has 3 rings (SSSR count). The highest BCUT2D eigenvalue weighted by atomic mass is 35.5. The normalized spacial score (nSPS) is 12.5. The molecule has 2 heterocycles. The van der Waals surface area contributed by atoms with Gasteiger partial charge in [0.1, 0.15) is 0 Å². The summed E-state index contributed by atoms with van der Waals surface area (Å²) in [7, 11) is 1.71. The number of halogens is 1. The number of rotatable bonds is 3. The summed E-state index contributed by atoms with van der Waals surface area (Å²) in [4.78, 5) is 11.3. The Balaban J connectivity index is 1.77. The van der Waals surface area contributed by atoms with Crippen LogP contribution in [0.5, 0.6) is 11.5 Å². The summed E-state index contributed by atoms with van der Waals surface area (Å²) < 4.78 is 12.1. The Morgan fingerprint density at radius 2 is 2.20 bits per heavy atom. The molecule has 0 radical (unpaired) electrons. The van der Waals surface area contributed by atoms with Crippen molar-refractivity contribution in [2.45, 2.75) is 6.54 Å². The predicted octanol–water partition coefficient (Wildman–Crippen LogP) is 2.38. The van der Waals surface area contributed by atoms with E-state index in [1.807, 2.05) is 12.1 Å². The molecular weight excluding hydrogens is 280 g/mol. The fourth-order valence-corrected chi connectivity index (χ4v) is 2.31. The maximum Gasteiger partial charge on any atom is 0.250 e. The van der Waals surface area contributed by atoms with Gasteiger partial charge in [-0.15, -0.1) is 0 Å². The summed E-state index contributed by atoms with van der Waals surface area (Å²) in [5, 5.41) is 3.77. The Hall–Kier alpha value is -2.14. The van der Waals surface area contributed by atoms with Gasteiger partial charge in [-0.25, -0.2) is 0 Å². The number of hydrogen-bond acceptors (Lipinski definition) is 4. The number of aromatic nitrogens is 1. The molecule has 104 valence electrons. The molecule has 1 N–H and O–H groups in total. The van der Waals surface area contributed by atoms with E-state index < -0.39 is 0 Å². The van der Waals surface area contributed by atoms with Gasteiger partial charge < -0.3 is 19.4 Å². The first-order valence-corrected chi connectivity index (χ1v) is 6.50. The average Bonchev–Trinajstić information content (AvgIpc) is 2.89. The van der Waals surface area contributed by atoms with E-state index in [-0.39, 0.29) is 12.4 Å². The molecule has 2 aromatic rings. The van der Waals surface area contributed by atoms with Crippen LogP contribution in [0, 0.1) is 0 Å². The maximum absolute atomic E-state index is 11.3. The zero-order valence-electron chi connectivity index (χ0n) is 10.9. The van der Waals surface area contributed by atoms with E-state index in [9.17, 15) is 4.79 Å². The molecule has 1 aromatic carbocycles. The third-order valence-corrected chi connectivity index (χ3v) is 3.35. The molecule has 0 spiro atoms. The Kier molecular flexibility index (Phi) is 3.28. The monoisotopic (exact) mass is 292 g/mol. The number of pyridine rings is 1. The number of nitrogens with zero attached hydrogens (tertiary/aromatic N) is 1. The van der Waals surface area contributed by atoms with Gasteiger partial charge in [0.2, 0.25) is 12.4 Å². The van der Waals surface area contributed by atoms with Crippen molar-refractivity contribution in [1.29, 1.82) is 0 Å². The zero-order chi connectivity index (χ0) is 14.1. The van der Waals surface area contributed by atoms with Crippen molar-refractivity contribution in [3.63, 3.8) is 0 Å². The minimum atomic E-state index is -0.0401. The van der Waals surface area contributed by atoms with E-state index in [1.54, 1.807) is 19.3 Å². The lowest BCUT2D eigenvalue weighted by Gasteiger charge is -2.09. The highest BCUT2D eigenvalue weighted by Crippen LogP contribution is 2.39. The van der Waals surface area contributed by atoms with Gasteiger partial charge >= 0.3 is 0 Å². The second kappa shape index (κ2) is 5.09. The van der Waals surface area contributed by atoms with E-state index >= 15 is 0 Å². The quantitative estimate of drug-likeness (QED) is 0.944. The molecule has 0 fully saturated rings. The largest absolute Gasteiger partial charge is 0.454 e. The van der Waals surface area contributed by atoms with Gasteiger partial charge in [-0.05, 0) is 23.8 Å². The molecule has 5 nitrogen and oxygen atoms in total. The first kappa shape index (κ1) is 12.9. The Labute approximate surface area is 120 Å². The van der Waals surface area contributed by atoms with Crippen molar-refractivity contribution in [2.75, 3.05) is 12.1 Å².